The first-order valence-corrected chi connectivity index (χ1v) is 15.6. The molecule has 5 rings (SSSR count). The molecule has 1 amide bonds. The molecule has 0 aliphatic carbocycles. The van der Waals surface area contributed by atoms with E-state index in [1.54, 1.807) is 17.0 Å². The fraction of sp³-hybridized carbons (Fsp3) is 0.429. The van der Waals surface area contributed by atoms with Gasteiger partial charge in [0.25, 0.3) is 0 Å². The van der Waals surface area contributed by atoms with Crippen LogP contribution in [0.5, 0.6) is 0 Å². The van der Waals surface area contributed by atoms with E-state index in [-0.39, 0.29) is 18.0 Å². The molecule has 2 fully saturated rings. The van der Waals surface area contributed by atoms with Crippen molar-refractivity contribution in [2.75, 3.05) is 56.2 Å². The predicted molar refractivity (Wildman–Crippen MR) is 175 cm³/mol. The van der Waals surface area contributed by atoms with Crippen LogP contribution in [0.15, 0.2) is 66.7 Å². The Labute approximate surface area is 265 Å². The van der Waals surface area contributed by atoms with Crippen molar-refractivity contribution in [2.24, 2.45) is 5.92 Å². The second kappa shape index (κ2) is 13.5. The zero-order valence-electron chi connectivity index (χ0n) is 26.0. The first kappa shape index (κ1) is 31.7. The molecule has 8 nitrogen and oxygen atoms in total. The highest BCUT2D eigenvalue weighted by molar-refractivity contribution is 6.30. The van der Waals surface area contributed by atoms with Gasteiger partial charge < -0.3 is 29.3 Å². The molecular weight excluding hydrogens is 578 g/mol. The topological polar surface area (TPSA) is 82.5 Å². The Morgan fingerprint density at radius 3 is 2.02 bits per heavy atom. The number of aliphatic hydroxyl groups is 1. The summed E-state index contributed by atoms with van der Waals surface area (Å²) in [6, 6.07) is 21.5. The second-order valence-corrected chi connectivity index (χ2v) is 13.0. The fourth-order valence-corrected chi connectivity index (χ4v) is 6.14. The third-order valence-electron chi connectivity index (χ3n) is 8.45. The van der Waals surface area contributed by atoms with E-state index in [9.17, 15) is 14.7 Å². The molecule has 3 aromatic carbocycles. The lowest BCUT2D eigenvalue weighted by atomic mass is 9.84. The molecule has 0 radical (unpaired) electrons. The number of halogens is 1. The van der Waals surface area contributed by atoms with Gasteiger partial charge in [0, 0.05) is 55.7 Å². The van der Waals surface area contributed by atoms with Crippen LogP contribution in [0.3, 0.4) is 0 Å². The number of piperazine rings is 1. The lowest BCUT2D eigenvalue weighted by Crippen LogP contribution is -2.50. The largest absolute Gasteiger partial charge is 0.465 e. The lowest BCUT2D eigenvalue weighted by Gasteiger charge is -2.38. The highest BCUT2D eigenvalue weighted by Crippen LogP contribution is 2.39. The molecule has 1 unspecified atom stereocenters. The van der Waals surface area contributed by atoms with Crippen molar-refractivity contribution in [3.8, 4) is 11.1 Å². The maximum atomic E-state index is 12.6. The number of hydrogen-bond acceptors (Lipinski definition) is 7. The van der Waals surface area contributed by atoms with Crippen molar-refractivity contribution >= 4 is 35.0 Å². The fourth-order valence-electron chi connectivity index (χ4n) is 6.01. The Morgan fingerprint density at radius 1 is 0.841 bits per heavy atom. The summed E-state index contributed by atoms with van der Waals surface area (Å²) in [6.07, 6.45) is 0.738. The molecule has 44 heavy (non-hydrogen) atoms. The number of benzene rings is 3. The SMILES string of the molecule is COC(=O)c1ccc(N2CCC(C(O)c3cc(N4CCN(C(=O)OC(C)(C)C)CC4)ccc3-c3ccc(Cl)cc3)CC2)cc1. The summed E-state index contributed by atoms with van der Waals surface area (Å²) in [6.45, 7) is 9.77. The van der Waals surface area contributed by atoms with Crippen molar-refractivity contribution < 1.29 is 24.2 Å². The number of esters is 1. The monoisotopic (exact) mass is 619 g/mol. The van der Waals surface area contributed by atoms with E-state index < -0.39 is 11.7 Å². The number of methoxy groups -OCH3 is 1. The van der Waals surface area contributed by atoms with Gasteiger partial charge in [-0.05, 0) is 105 Å². The number of aliphatic hydroxyl groups excluding tert-OH is 1. The summed E-state index contributed by atoms with van der Waals surface area (Å²) in [5, 5.41) is 12.6. The molecule has 0 aromatic heterocycles. The number of anilines is 2. The molecule has 2 heterocycles. The Morgan fingerprint density at radius 2 is 1.43 bits per heavy atom. The van der Waals surface area contributed by atoms with Crippen molar-refractivity contribution in [1.82, 2.24) is 4.90 Å². The number of hydrogen-bond donors (Lipinski definition) is 1. The van der Waals surface area contributed by atoms with Gasteiger partial charge >= 0.3 is 12.1 Å². The number of piperidine rings is 1. The third-order valence-corrected chi connectivity index (χ3v) is 8.70. The zero-order valence-corrected chi connectivity index (χ0v) is 26.7. The highest BCUT2D eigenvalue weighted by Gasteiger charge is 2.30. The maximum absolute atomic E-state index is 12.6. The van der Waals surface area contributed by atoms with Crippen LogP contribution in [0.2, 0.25) is 5.02 Å². The van der Waals surface area contributed by atoms with Crippen LogP contribution in [-0.4, -0.2) is 74.0 Å². The third kappa shape index (κ3) is 7.48. The summed E-state index contributed by atoms with van der Waals surface area (Å²) in [5.74, 6) is -0.257. The van der Waals surface area contributed by atoms with Crippen LogP contribution in [0, 0.1) is 5.92 Å². The van der Waals surface area contributed by atoms with Crippen molar-refractivity contribution in [2.45, 2.75) is 45.3 Å². The van der Waals surface area contributed by atoms with Gasteiger partial charge in [-0.15, -0.1) is 0 Å². The molecule has 0 saturated carbocycles. The average molecular weight is 620 g/mol. The maximum Gasteiger partial charge on any atom is 0.410 e. The summed E-state index contributed by atoms with van der Waals surface area (Å²) in [5.41, 5.74) is 4.99. The van der Waals surface area contributed by atoms with Crippen LogP contribution >= 0.6 is 11.6 Å². The Hall–Kier alpha value is -3.75. The van der Waals surface area contributed by atoms with Crippen LogP contribution in [0.4, 0.5) is 16.2 Å². The van der Waals surface area contributed by atoms with E-state index in [2.05, 4.69) is 28.0 Å². The van der Waals surface area contributed by atoms with Crippen LogP contribution in [-0.2, 0) is 9.47 Å². The number of amides is 1. The summed E-state index contributed by atoms with van der Waals surface area (Å²) >= 11 is 6.19. The number of carbonyl (C=O) groups excluding carboxylic acids is 2. The van der Waals surface area contributed by atoms with E-state index in [0.717, 1.165) is 54.0 Å². The van der Waals surface area contributed by atoms with E-state index >= 15 is 0 Å². The first-order valence-electron chi connectivity index (χ1n) is 15.3. The molecule has 234 valence electrons. The number of carbonyl (C=O) groups is 2. The van der Waals surface area contributed by atoms with Gasteiger partial charge in [-0.1, -0.05) is 29.8 Å². The molecule has 1 atom stereocenters. The van der Waals surface area contributed by atoms with E-state index in [0.29, 0.717) is 36.8 Å². The zero-order chi connectivity index (χ0) is 31.4. The van der Waals surface area contributed by atoms with E-state index in [4.69, 9.17) is 21.1 Å². The van der Waals surface area contributed by atoms with E-state index in [1.807, 2.05) is 57.2 Å². The van der Waals surface area contributed by atoms with Gasteiger partial charge in [0.15, 0.2) is 0 Å². The van der Waals surface area contributed by atoms with Gasteiger partial charge in [0.05, 0.1) is 18.8 Å². The summed E-state index contributed by atoms with van der Waals surface area (Å²) in [4.78, 5) is 30.7. The molecule has 2 aliphatic rings. The second-order valence-electron chi connectivity index (χ2n) is 12.5. The minimum atomic E-state index is -0.646. The first-order chi connectivity index (χ1) is 21.0. The molecule has 9 heteroatoms. The summed E-state index contributed by atoms with van der Waals surface area (Å²) < 4.78 is 10.4. The molecule has 2 aliphatic heterocycles. The molecule has 3 aromatic rings. The quantitative estimate of drug-likeness (QED) is 0.304. The highest BCUT2D eigenvalue weighted by atomic mass is 35.5. The Balaban J connectivity index is 1.31. The average Bonchev–Trinajstić information content (AvgIpc) is 3.03. The molecular formula is C35H42ClN3O5. The van der Waals surface area contributed by atoms with Gasteiger partial charge in [0.2, 0.25) is 0 Å². The van der Waals surface area contributed by atoms with Crippen LogP contribution in [0.25, 0.3) is 11.1 Å². The number of nitrogens with zero attached hydrogens (tertiary/aromatic N) is 3. The molecule has 1 N–H and O–H groups in total. The normalized spacial score (nSPS) is 16.9. The minimum Gasteiger partial charge on any atom is -0.465 e. The standard InChI is InChI=1S/C35H42ClN3O5/c1-35(2,3)44-34(42)39-21-19-38(20-22-39)29-13-14-30(24-5-9-27(36)10-6-24)31(23-29)32(40)25-15-17-37(18-16-25)28-11-7-26(8-12-28)33(41)43-4/h5-14,23,25,32,40H,15-22H2,1-4H3. The Bertz CT molecular complexity index is 1440. The predicted octanol–water partition coefficient (Wildman–Crippen LogP) is 6.80. The van der Waals surface area contributed by atoms with Crippen LogP contribution < -0.4 is 9.80 Å². The van der Waals surface area contributed by atoms with Crippen molar-refractivity contribution in [1.29, 1.82) is 0 Å². The Kier molecular flexibility index (Phi) is 9.71. The smallest absolute Gasteiger partial charge is 0.410 e. The van der Waals surface area contributed by atoms with Gasteiger partial charge in [0.1, 0.15) is 5.60 Å². The molecule has 2 saturated heterocycles. The minimum absolute atomic E-state index is 0.0888. The number of rotatable bonds is 6. The van der Waals surface area contributed by atoms with Crippen molar-refractivity contribution in [3.63, 3.8) is 0 Å². The van der Waals surface area contributed by atoms with Crippen LogP contribution in [0.1, 0.15) is 55.6 Å². The summed E-state index contributed by atoms with van der Waals surface area (Å²) in [7, 11) is 1.38. The van der Waals surface area contributed by atoms with E-state index in [1.165, 1.54) is 7.11 Å². The van der Waals surface area contributed by atoms with Crippen molar-refractivity contribution in [3.05, 3.63) is 82.9 Å². The van der Waals surface area contributed by atoms with Gasteiger partial charge in [-0.2, -0.15) is 0 Å². The number of ether oxygens (including phenoxy) is 2. The van der Waals surface area contributed by atoms with Gasteiger partial charge in [-0.3, -0.25) is 0 Å². The lowest BCUT2D eigenvalue weighted by molar-refractivity contribution is 0.0240. The molecule has 0 bridgehead atoms. The van der Waals surface area contributed by atoms with Gasteiger partial charge in [-0.25, -0.2) is 9.59 Å². The molecule has 0 spiro atoms.